The molecule has 0 fully saturated rings. The molecule has 0 saturated heterocycles. The molecule has 10 heteroatoms. The average Bonchev–Trinajstić information content (AvgIpc) is 3.40. The Bertz CT molecular complexity index is 1620. The van der Waals surface area contributed by atoms with E-state index in [1.54, 1.807) is 29.0 Å². The van der Waals surface area contributed by atoms with Crippen LogP contribution < -0.4 is 10.9 Å². The largest absolute Gasteiger partial charge is 0.321 e. The molecule has 0 spiro atoms. The van der Waals surface area contributed by atoms with E-state index in [-0.39, 0.29) is 11.5 Å². The lowest BCUT2D eigenvalue weighted by molar-refractivity contribution is -0.111. The van der Waals surface area contributed by atoms with Gasteiger partial charge in [0.05, 0.1) is 36.1 Å². The van der Waals surface area contributed by atoms with Crippen molar-refractivity contribution in [2.45, 2.75) is 13.5 Å². The fourth-order valence-electron chi connectivity index (χ4n) is 3.75. The lowest BCUT2D eigenvalue weighted by Gasteiger charge is -2.10. The summed E-state index contributed by atoms with van der Waals surface area (Å²) in [6.45, 7) is 2.38. The van der Waals surface area contributed by atoms with Gasteiger partial charge in [0, 0.05) is 11.6 Å². The minimum Gasteiger partial charge on any atom is -0.321 e. The second-order valence-electron chi connectivity index (χ2n) is 7.80. The number of carbonyl (C=O) groups excluding carboxylic acids is 1. The summed E-state index contributed by atoms with van der Waals surface area (Å²) in [7, 11) is 0. The Hall–Kier alpha value is -4.50. The third kappa shape index (κ3) is 4.49. The van der Waals surface area contributed by atoms with Crippen LogP contribution in [0.2, 0.25) is 5.15 Å². The van der Waals surface area contributed by atoms with E-state index in [1.165, 1.54) is 23.3 Å². The van der Waals surface area contributed by atoms with Crippen LogP contribution in [0.25, 0.3) is 22.8 Å². The highest BCUT2D eigenvalue weighted by molar-refractivity contribution is 6.31. The van der Waals surface area contributed by atoms with Crippen LogP contribution in [0.3, 0.4) is 0 Å². The van der Waals surface area contributed by atoms with E-state index in [4.69, 9.17) is 11.6 Å². The number of aryl methyl sites for hydroxylation is 1. The first-order valence-electron chi connectivity index (χ1n) is 10.8. The summed E-state index contributed by atoms with van der Waals surface area (Å²) in [6, 6.07) is 17.0. The highest BCUT2D eigenvalue weighted by Crippen LogP contribution is 2.24. The van der Waals surface area contributed by atoms with Crippen LogP contribution in [-0.2, 0) is 11.3 Å². The molecule has 0 unspecified atom stereocenters. The van der Waals surface area contributed by atoms with Gasteiger partial charge in [-0.25, -0.2) is 14.3 Å². The van der Waals surface area contributed by atoms with E-state index in [1.807, 2.05) is 43.3 Å². The van der Waals surface area contributed by atoms with Crippen molar-refractivity contribution in [2.24, 2.45) is 0 Å². The number of hydrogen-bond acceptors (Lipinski definition) is 5. The first-order chi connectivity index (χ1) is 17.0. The fourth-order valence-corrected chi connectivity index (χ4v) is 4.04. The predicted octanol–water partition coefficient (Wildman–Crippen LogP) is 3.97. The first kappa shape index (κ1) is 22.3. The lowest BCUT2D eigenvalue weighted by Crippen LogP contribution is -2.12. The molecule has 35 heavy (non-hydrogen) atoms. The van der Waals surface area contributed by atoms with Crippen molar-refractivity contribution >= 4 is 40.3 Å². The van der Waals surface area contributed by atoms with E-state index in [9.17, 15) is 9.59 Å². The van der Waals surface area contributed by atoms with Crippen molar-refractivity contribution in [3.63, 3.8) is 0 Å². The van der Waals surface area contributed by atoms with E-state index in [0.717, 1.165) is 11.3 Å². The molecule has 0 saturated carbocycles. The Morgan fingerprint density at radius 3 is 2.74 bits per heavy atom. The second-order valence-corrected chi connectivity index (χ2v) is 8.16. The van der Waals surface area contributed by atoms with Crippen molar-refractivity contribution in [2.75, 3.05) is 5.32 Å². The van der Waals surface area contributed by atoms with Gasteiger partial charge in [0.15, 0.2) is 5.65 Å². The van der Waals surface area contributed by atoms with Gasteiger partial charge in [-0.2, -0.15) is 10.2 Å². The minimum absolute atomic E-state index is 0.286. The number of amides is 1. The molecule has 0 aliphatic carbocycles. The summed E-state index contributed by atoms with van der Waals surface area (Å²) in [5, 5.41) is 12.5. The van der Waals surface area contributed by atoms with Crippen LogP contribution in [0.15, 0.2) is 78.0 Å². The number of halogens is 1. The maximum Gasteiger partial charge on any atom is 0.261 e. The van der Waals surface area contributed by atoms with Crippen LogP contribution in [0, 0.1) is 6.92 Å². The predicted molar refractivity (Wildman–Crippen MR) is 135 cm³/mol. The van der Waals surface area contributed by atoms with Gasteiger partial charge in [-0.15, -0.1) is 0 Å². The molecule has 2 N–H and O–H groups in total. The number of aromatic nitrogens is 6. The Balaban J connectivity index is 1.38. The molecule has 5 rings (SSSR count). The maximum absolute atomic E-state index is 12.8. The number of nitrogens with zero attached hydrogens (tertiary/aromatic N) is 5. The summed E-state index contributed by atoms with van der Waals surface area (Å²) in [4.78, 5) is 31.5. The van der Waals surface area contributed by atoms with Gasteiger partial charge in [-0.3, -0.25) is 9.59 Å². The van der Waals surface area contributed by atoms with Gasteiger partial charge in [-0.05, 0) is 30.7 Å². The number of nitrogens with one attached hydrogen (secondary N) is 2. The molecule has 174 valence electrons. The van der Waals surface area contributed by atoms with Crippen molar-refractivity contribution in [3.8, 4) is 5.69 Å². The van der Waals surface area contributed by atoms with Crippen molar-refractivity contribution in [1.82, 2.24) is 29.5 Å². The van der Waals surface area contributed by atoms with Gasteiger partial charge in [0.25, 0.3) is 5.56 Å². The van der Waals surface area contributed by atoms with Crippen molar-refractivity contribution < 1.29 is 4.79 Å². The number of aromatic amines is 1. The SMILES string of the molecule is Cc1nn(Cc2ccccc2)c(Cl)c1/C=C/C(=O)Nc1ccccc1-n1ncc2c(=O)[nH]cnc21. The van der Waals surface area contributed by atoms with Crippen molar-refractivity contribution in [3.05, 3.63) is 106 Å². The summed E-state index contributed by atoms with van der Waals surface area (Å²) in [5.41, 5.74) is 3.65. The van der Waals surface area contributed by atoms with Gasteiger partial charge in [-0.1, -0.05) is 54.1 Å². The molecule has 1 amide bonds. The Morgan fingerprint density at radius 2 is 1.91 bits per heavy atom. The number of rotatable bonds is 6. The van der Waals surface area contributed by atoms with Crippen LogP contribution >= 0.6 is 11.6 Å². The molecule has 0 radical (unpaired) electrons. The Morgan fingerprint density at radius 1 is 1.14 bits per heavy atom. The monoisotopic (exact) mass is 485 g/mol. The lowest BCUT2D eigenvalue weighted by atomic mass is 10.2. The second kappa shape index (κ2) is 9.40. The molecule has 2 aromatic carbocycles. The maximum atomic E-state index is 12.8. The zero-order chi connectivity index (χ0) is 24.4. The molecule has 0 atom stereocenters. The zero-order valence-electron chi connectivity index (χ0n) is 18.6. The molecule has 3 heterocycles. The number of carbonyl (C=O) groups is 1. The summed E-state index contributed by atoms with van der Waals surface area (Å²) in [5.74, 6) is -0.356. The molecule has 0 aliphatic heterocycles. The van der Waals surface area contributed by atoms with Gasteiger partial charge in [0.2, 0.25) is 5.91 Å². The number of H-pyrrole nitrogens is 1. The first-order valence-corrected chi connectivity index (χ1v) is 11.2. The molecule has 9 nitrogen and oxygen atoms in total. The minimum atomic E-state index is -0.356. The van der Waals surface area contributed by atoms with E-state index < -0.39 is 0 Å². The van der Waals surface area contributed by atoms with Gasteiger partial charge in [0.1, 0.15) is 10.5 Å². The van der Waals surface area contributed by atoms with Gasteiger partial charge < -0.3 is 10.3 Å². The van der Waals surface area contributed by atoms with E-state index in [0.29, 0.717) is 39.7 Å². The van der Waals surface area contributed by atoms with Crippen LogP contribution in [0.4, 0.5) is 5.69 Å². The van der Waals surface area contributed by atoms with E-state index in [2.05, 4.69) is 25.5 Å². The van der Waals surface area contributed by atoms with Crippen molar-refractivity contribution in [1.29, 1.82) is 0 Å². The van der Waals surface area contributed by atoms with Crippen LogP contribution in [0.5, 0.6) is 0 Å². The summed E-state index contributed by atoms with van der Waals surface area (Å²) in [6.07, 6.45) is 5.81. The third-order valence-corrected chi connectivity index (χ3v) is 5.85. The number of hydrogen-bond donors (Lipinski definition) is 2. The molecule has 5 aromatic rings. The number of para-hydroxylation sites is 2. The van der Waals surface area contributed by atoms with Gasteiger partial charge >= 0.3 is 0 Å². The molecule has 0 aliphatic rings. The topological polar surface area (TPSA) is 110 Å². The molecule has 3 aromatic heterocycles. The third-order valence-electron chi connectivity index (χ3n) is 5.45. The zero-order valence-corrected chi connectivity index (χ0v) is 19.4. The van der Waals surface area contributed by atoms with E-state index >= 15 is 0 Å². The number of benzene rings is 2. The fraction of sp³-hybridized carbons (Fsp3) is 0.0800. The molecular weight excluding hydrogens is 466 g/mol. The average molecular weight is 486 g/mol. The smallest absolute Gasteiger partial charge is 0.261 e. The number of anilines is 1. The molecular formula is C25H20ClN7O2. The number of fused-ring (bicyclic) bond motifs is 1. The Labute approximate surface area is 204 Å². The quantitative estimate of drug-likeness (QED) is 0.353. The Kier molecular flexibility index (Phi) is 5.99. The summed E-state index contributed by atoms with van der Waals surface area (Å²) >= 11 is 6.56. The van der Waals surface area contributed by atoms with Crippen LogP contribution in [-0.4, -0.2) is 35.4 Å². The highest BCUT2D eigenvalue weighted by atomic mass is 35.5. The standard InChI is InChI=1S/C25H20ClN7O2/c1-16-18(23(26)32(31-16)14-17-7-3-2-4-8-17)11-12-22(34)30-20-9-5-6-10-21(20)33-24-19(13-29-33)25(35)28-15-27-24/h2-13,15H,14H2,1H3,(H,30,34)(H,27,28,35)/b12-11+. The summed E-state index contributed by atoms with van der Waals surface area (Å²) < 4.78 is 3.22. The molecule has 0 bridgehead atoms. The normalized spacial score (nSPS) is 11.4. The highest BCUT2D eigenvalue weighted by Gasteiger charge is 2.14. The van der Waals surface area contributed by atoms with Crippen LogP contribution in [0.1, 0.15) is 16.8 Å².